The Bertz CT molecular complexity index is 189. The van der Waals surface area contributed by atoms with E-state index in [9.17, 15) is 0 Å². The normalized spacial score (nSPS) is 42.8. The van der Waals surface area contributed by atoms with Gasteiger partial charge in [0.2, 0.25) is 0 Å². The van der Waals surface area contributed by atoms with Crippen LogP contribution in [-0.2, 0) is 4.74 Å². The summed E-state index contributed by atoms with van der Waals surface area (Å²) in [6.07, 6.45) is 6.74. The molecule has 0 radical (unpaired) electrons. The highest BCUT2D eigenvalue weighted by Crippen LogP contribution is 2.40. The van der Waals surface area contributed by atoms with Gasteiger partial charge in [-0.25, -0.2) is 0 Å². The molecule has 2 heteroatoms. The molecule has 1 saturated carbocycles. The van der Waals surface area contributed by atoms with E-state index in [4.69, 9.17) is 10.5 Å². The zero-order valence-electron chi connectivity index (χ0n) is 9.95. The van der Waals surface area contributed by atoms with Crippen LogP contribution < -0.4 is 5.73 Å². The fourth-order valence-corrected chi connectivity index (χ4v) is 3.46. The van der Waals surface area contributed by atoms with Gasteiger partial charge in [-0.05, 0) is 55.9 Å². The van der Waals surface area contributed by atoms with Crippen LogP contribution in [0.5, 0.6) is 0 Å². The monoisotopic (exact) mass is 211 g/mol. The first-order valence-electron chi connectivity index (χ1n) is 6.59. The van der Waals surface area contributed by atoms with E-state index in [0.717, 1.165) is 43.4 Å². The lowest BCUT2D eigenvalue weighted by Gasteiger charge is -2.40. The zero-order chi connectivity index (χ0) is 10.7. The molecule has 0 bridgehead atoms. The van der Waals surface area contributed by atoms with Gasteiger partial charge in [-0.1, -0.05) is 13.3 Å². The average Bonchev–Trinajstić information content (AvgIpc) is 2.30. The minimum Gasteiger partial charge on any atom is -0.381 e. The maximum absolute atomic E-state index is 5.90. The minimum atomic E-state index is 0.771. The van der Waals surface area contributed by atoms with Crippen molar-refractivity contribution in [1.29, 1.82) is 0 Å². The second-order valence-corrected chi connectivity index (χ2v) is 5.56. The zero-order valence-corrected chi connectivity index (χ0v) is 9.95. The van der Waals surface area contributed by atoms with Crippen molar-refractivity contribution in [2.75, 3.05) is 19.8 Å². The first-order valence-corrected chi connectivity index (χ1v) is 6.59. The van der Waals surface area contributed by atoms with Crippen LogP contribution in [0.15, 0.2) is 0 Å². The number of nitrogens with two attached hydrogens (primary N) is 1. The summed E-state index contributed by atoms with van der Waals surface area (Å²) in [6, 6.07) is 0. The van der Waals surface area contributed by atoms with Gasteiger partial charge in [-0.15, -0.1) is 0 Å². The quantitative estimate of drug-likeness (QED) is 0.761. The van der Waals surface area contributed by atoms with Crippen LogP contribution in [0.3, 0.4) is 0 Å². The Kier molecular flexibility index (Phi) is 4.04. The van der Waals surface area contributed by atoms with E-state index >= 15 is 0 Å². The van der Waals surface area contributed by atoms with Crippen molar-refractivity contribution in [2.45, 2.75) is 39.0 Å². The molecule has 4 unspecified atom stereocenters. The Morgan fingerprint density at radius 3 is 2.80 bits per heavy atom. The van der Waals surface area contributed by atoms with Gasteiger partial charge in [0.25, 0.3) is 0 Å². The van der Waals surface area contributed by atoms with Crippen molar-refractivity contribution >= 4 is 0 Å². The second kappa shape index (κ2) is 5.31. The van der Waals surface area contributed by atoms with Crippen LogP contribution in [0.25, 0.3) is 0 Å². The molecule has 0 aromatic heterocycles. The van der Waals surface area contributed by atoms with E-state index in [1.807, 2.05) is 0 Å². The molecule has 0 amide bonds. The van der Waals surface area contributed by atoms with E-state index < -0.39 is 0 Å². The minimum absolute atomic E-state index is 0.771. The Morgan fingerprint density at radius 2 is 2.13 bits per heavy atom. The standard InChI is InChI=1S/C13H25NO/c1-10-4-5-11(8-14)13(7-10)12-3-2-6-15-9-12/h10-13H,2-9,14H2,1H3. The van der Waals surface area contributed by atoms with E-state index in [-0.39, 0.29) is 0 Å². The highest BCUT2D eigenvalue weighted by Gasteiger charge is 2.34. The number of hydrogen-bond donors (Lipinski definition) is 1. The predicted molar refractivity (Wildman–Crippen MR) is 62.6 cm³/mol. The molecule has 0 aromatic carbocycles. The van der Waals surface area contributed by atoms with Crippen molar-refractivity contribution in [1.82, 2.24) is 0 Å². The van der Waals surface area contributed by atoms with Crippen molar-refractivity contribution < 1.29 is 4.74 Å². The molecular formula is C13H25NO. The molecule has 2 N–H and O–H groups in total. The van der Waals surface area contributed by atoms with E-state index in [1.54, 1.807) is 0 Å². The molecule has 4 atom stereocenters. The van der Waals surface area contributed by atoms with Crippen molar-refractivity contribution in [3.8, 4) is 0 Å². The van der Waals surface area contributed by atoms with Crippen molar-refractivity contribution in [2.24, 2.45) is 29.4 Å². The molecule has 0 aromatic rings. The average molecular weight is 211 g/mol. The molecule has 2 rings (SSSR count). The summed E-state index contributed by atoms with van der Waals surface area (Å²) in [6.45, 7) is 5.25. The largest absolute Gasteiger partial charge is 0.381 e. The molecule has 2 fully saturated rings. The van der Waals surface area contributed by atoms with Gasteiger partial charge in [0.05, 0.1) is 0 Å². The summed E-state index contributed by atoms with van der Waals surface area (Å²) < 4.78 is 5.62. The van der Waals surface area contributed by atoms with E-state index in [1.165, 1.54) is 32.1 Å². The highest BCUT2D eigenvalue weighted by molar-refractivity contribution is 4.84. The Morgan fingerprint density at radius 1 is 1.27 bits per heavy atom. The van der Waals surface area contributed by atoms with Gasteiger partial charge in [-0.3, -0.25) is 0 Å². The van der Waals surface area contributed by atoms with Crippen LogP contribution in [0.2, 0.25) is 0 Å². The summed E-state index contributed by atoms with van der Waals surface area (Å²) in [4.78, 5) is 0. The van der Waals surface area contributed by atoms with Crippen LogP contribution in [0.1, 0.15) is 39.0 Å². The smallest absolute Gasteiger partial charge is 0.0497 e. The summed E-state index contributed by atoms with van der Waals surface area (Å²) >= 11 is 0. The molecule has 1 aliphatic heterocycles. The predicted octanol–water partition coefficient (Wildman–Crippen LogP) is 2.42. The van der Waals surface area contributed by atoms with Gasteiger partial charge >= 0.3 is 0 Å². The van der Waals surface area contributed by atoms with Crippen LogP contribution in [0, 0.1) is 23.7 Å². The lowest BCUT2D eigenvalue weighted by molar-refractivity contribution is 0.000113. The van der Waals surface area contributed by atoms with Crippen LogP contribution in [0.4, 0.5) is 0 Å². The molecule has 1 aliphatic carbocycles. The third kappa shape index (κ3) is 2.73. The summed E-state index contributed by atoms with van der Waals surface area (Å²) in [5.74, 6) is 3.32. The highest BCUT2D eigenvalue weighted by atomic mass is 16.5. The first kappa shape index (κ1) is 11.4. The molecule has 15 heavy (non-hydrogen) atoms. The summed E-state index contributed by atoms with van der Waals surface area (Å²) in [5, 5.41) is 0. The van der Waals surface area contributed by atoms with E-state index in [0.29, 0.717) is 0 Å². The Labute approximate surface area is 93.6 Å². The molecular weight excluding hydrogens is 186 g/mol. The summed E-state index contributed by atoms with van der Waals surface area (Å²) in [5.41, 5.74) is 5.90. The number of hydrogen-bond acceptors (Lipinski definition) is 2. The van der Waals surface area contributed by atoms with Gasteiger partial charge in [0, 0.05) is 13.2 Å². The summed E-state index contributed by atoms with van der Waals surface area (Å²) in [7, 11) is 0. The fourth-order valence-electron chi connectivity index (χ4n) is 3.46. The Balaban J connectivity index is 1.95. The molecule has 2 nitrogen and oxygen atoms in total. The van der Waals surface area contributed by atoms with Crippen molar-refractivity contribution in [3.05, 3.63) is 0 Å². The van der Waals surface area contributed by atoms with Crippen LogP contribution >= 0.6 is 0 Å². The van der Waals surface area contributed by atoms with Gasteiger partial charge in [0.1, 0.15) is 0 Å². The lowest BCUT2D eigenvalue weighted by atomic mass is 9.68. The molecule has 1 saturated heterocycles. The third-order valence-corrected chi connectivity index (χ3v) is 4.41. The first-order chi connectivity index (χ1) is 7.31. The maximum Gasteiger partial charge on any atom is 0.0497 e. The number of ether oxygens (including phenoxy) is 1. The number of rotatable bonds is 2. The molecule has 88 valence electrons. The van der Waals surface area contributed by atoms with E-state index in [2.05, 4.69) is 6.92 Å². The molecule has 1 heterocycles. The lowest BCUT2D eigenvalue weighted by Crippen LogP contribution is -2.37. The maximum atomic E-state index is 5.90. The topological polar surface area (TPSA) is 35.2 Å². The van der Waals surface area contributed by atoms with Crippen LogP contribution in [-0.4, -0.2) is 19.8 Å². The molecule has 0 spiro atoms. The fraction of sp³-hybridized carbons (Fsp3) is 1.00. The van der Waals surface area contributed by atoms with Gasteiger partial charge in [-0.2, -0.15) is 0 Å². The second-order valence-electron chi connectivity index (χ2n) is 5.56. The van der Waals surface area contributed by atoms with Gasteiger partial charge < -0.3 is 10.5 Å². The SMILES string of the molecule is CC1CCC(CN)C(C2CCCOC2)C1. The van der Waals surface area contributed by atoms with Gasteiger partial charge in [0.15, 0.2) is 0 Å². The Hall–Kier alpha value is -0.0800. The third-order valence-electron chi connectivity index (χ3n) is 4.41. The molecule has 2 aliphatic rings. The van der Waals surface area contributed by atoms with Crippen molar-refractivity contribution in [3.63, 3.8) is 0 Å².